The van der Waals surface area contributed by atoms with Gasteiger partial charge in [0.25, 0.3) is 0 Å². The summed E-state index contributed by atoms with van der Waals surface area (Å²) in [5.74, 6) is 0.135. The summed E-state index contributed by atoms with van der Waals surface area (Å²) in [6.45, 7) is 2.95. The number of benzene rings is 2. The van der Waals surface area contributed by atoms with Gasteiger partial charge in [-0.15, -0.1) is 0 Å². The lowest BCUT2D eigenvalue weighted by atomic mass is 10.0. The number of nitrogens with one attached hydrogen (secondary N) is 2. The summed E-state index contributed by atoms with van der Waals surface area (Å²) < 4.78 is 0. The Labute approximate surface area is 169 Å². The molecule has 0 saturated carbocycles. The number of piperazine rings is 1. The number of rotatable bonds is 3. The number of carbonyl (C=O) groups is 1. The molecule has 0 spiro atoms. The van der Waals surface area contributed by atoms with Gasteiger partial charge in [-0.3, -0.25) is 4.79 Å². The van der Waals surface area contributed by atoms with Crippen LogP contribution in [0.4, 0.5) is 5.69 Å². The Kier molecular flexibility index (Phi) is 5.55. The van der Waals surface area contributed by atoms with E-state index in [-0.39, 0.29) is 18.0 Å². The van der Waals surface area contributed by atoms with Gasteiger partial charge >= 0.3 is 0 Å². The third-order valence-corrected chi connectivity index (χ3v) is 5.93. The normalized spacial score (nSPS) is 22.9. The molecule has 7 heteroatoms. The summed E-state index contributed by atoms with van der Waals surface area (Å²) in [6, 6.07) is 15.4. The van der Waals surface area contributed by atoms with Crippen molar-refractivity contribution in [1.82, 2.24) is 15.8 Å². The van der Waals surface area contributed by atoms with Crippen LogP contribution >= 0.6 is 23.2 Å². The number of hydrogen-bond donors (Lipinski definition) is 2. The molecule has 4 rings (SSSR count). The Balaban J connectivity index is 1.35. The average molecular weight is 405 g/mol. The second kappa shape index (κ2) is 8.07. The van der Waals surface area contributed by atoms with Crippen LogP contribution in [0.2, 0.25) is 10.0 Å². The summed E-state index contributed by atoms with van der Waals surface area (Å²) in [4.78, 5) is 17.1. The van der Waals surface area contributed by atoms with Gasteiger partial charge in [0, 0.05) is 37.2 Å². The van der Waals surface area contributed by atoms with Gasteiger partial charge in [0.2, 0.25) is 5.91 Å². The molecule has 27 heavy (non-hydrogen) atoms. The summed E-state index contributed by atoms with van der Waals surface area (Å²) in [5, 5.41) is 1.47. The van der Waals surface area contributed by atoms with E-state index in [1.807, 2.05) is 53.4 Å². The maximum Gasteiger partial charge on any atom is 0.241 e. The van der Waals surface area contributed by atoms with Gasteiger partial charge in [0.05, 0.1) is 10.7 Å². The number of halogens is 2. The lowest BCUT2D eigenvalue weighted by molar-refractivity contribution is -0.133. The summed E-state index contributed by atoms with van der Waals surface area (Å²) in [6.07, 6.45) is 0.688. The van der Waals surface area contributed by atoms with E-state index < -0.39 is 0 Å². The molecule has 2 aliphatic heterocycles. The van der Waals surface area contributed by atoms with Crippen LogP contribution in [-0.4, -0.2) is 43.0 Å². The summed E-state index contributed by atoms with van der Waals surface area (Å²) >= 11 is 12.6. The van der Waals surface area contributed by atoms with Crippen LogP contribution in [0.15, 0.2) is 48.5 Å². The predicted octanol–water partition coefficient (Wildman–Crippen LogP) is 3.25. The molecule has 2 atom stereocenters. The first-order valence-corrected chi connectivity index (χ1v) is 9.93. The molecule has 2 N–H and O–H groups in total. The molecule has 0 bridgehead atoms. The van der Waals surface area contributed by atoms with Crippen molar-refractivity contribution in [3.05, 3.63) is 64.1 Å². The molecule has 142 valence electrons. The smallest absolute Gasteiger partial charge is 0.241 e. The molecule has 2 saturated heterocycles. The molecule has 0 aromatic heterocycles. The van der Waals surface area contributed by atoms with Crippen molar-refractivity contribution in [2.24, 2.45) is 0 Å². The third-order valence-electron chi connectivity index (χ3n) is 5.27. The highest BCUT2D eigenvalue weighted by Crippen LogP contribution is 2.29. The molecule has 2 aromatic carbocycles. The lowest BCUT2D eigenvalue weighted by Gasteiger charge is -2.37. The molecule has 2 aliphatic rings. The van der Waals surface area contributed by atoms with Crippen LogP contribution in [0.25, 0.3) is 0 Å². The van der Waals surface area contributed by atoms with Gasteiger partial charge in [0.15, 0.2) is 0 Å². The van der Waals surface area contributed by atoms with Crippen LogP contribution in [0.5, 0.6) is 0 Å². The van der Waals surface area contributed by atoms with Crippen molar-refractivity contribution in [3.8, 4) is 0 Å². The van der Waals surface area contributed by atoms with Crippen LogP contribution in [0, 0.1) is 0 Å². The predicted molar refractivity (Wildman–Crippen MR) is 109 cm³/mol. The number of nitrogens with zero attached hydrogens (tertiary/aromatic N) is 2. The Morgan fingerprint density at radius 2 is 1.56 bits per heavy atom. The van der Waals surface area contributed by atoms with Gasteiger partial charge in [-0.1, -0.05) is 53.5 Å². The highest BCUT2D eigenvalue weighted by molar-refractivity contribution is 6.33. The number of carbonyl (C=O) groups excluding carboxylic acids is 1. The number of hydrogen-bond acceptors (Lipinski definition) is 4. The van der Waals surface area contributed by atoms with E-state index in [2.05, 4.69) is 15.8 Å². The average Bonchev–Trinajstić information content (AvgIpc) is 3.18. The van der Waals surface area contributed by atoms with E-state index in [1.165, 1.54) is 0 Å². The van der Waals surface area contributed by atoms with Crippen LogP contribution < -0.4 is 15.8 Å². The minimum absolute atomic E-state index is 0.0389. The Morgan fingerprint density at radius 3 is 2.26 bits per heavy atom. The fourth-order valence-electron chi connectivity index (χ4n) is 3.78. The summed E-state index contributed by atoms with van der Waals surface area (Å²) in [5.41, 5.74) is 8.42. The van der Waals surface area contributed by atoms with Crippen molar-refractivity contribution in [2.45, 2.75) is 18.5 Å². The zero-order valence-corrected chi connectivity index (χ0v) is 16.4. The van der Waals surface area contributed by atoms with Crippen molar-refractivity contribution < 1.29 is 4.79 Å². The molecular formula is C20H22Cl2N4O. The monoisotopic (exact) mass is 404 g/mol. The highest BCUT2D eigenvalue weighted by Gasteiger charge is 2.34. The molecule has 2 aromatic rings. The van der Waals surface area contributed by atoms with E-state index in [4.69, 9.17) is 23.2 Å². The van der Waals surface area contributed by atoms with E-state index in [9.17, 15) is 4.79 Å². The van der Waals surface area contributed by atoms with Crippen molar-refractivity contribution in [1.29, 1.82) is 0 Å². The first kappa shape index (κ1) is 18.6. The first-order valence-electron chi connectivity index (χ1n) is 9.17. The number of anilines is 1. The first-order chi connectivity index (χ1) is 13.1. The largest absolute Gasteiger partial charge is 0.367 e. The fraction of sp³-hybridized carbons (Fsp3) is 0.350. The maximum atomic E-state index is 12.9. The molecule has 2 unspecified atom stereocenters. The van der Waals surface area contributed by atoms with Gasteiger partial charge < -0.3 is 9.80 Å². The van der Waals surface area contributed by atoms with E-state index >= 15 is 0 Å². The van der Waals surface area contributed by atoms with Crippen LogP contribution in [-0.2, 0) is 4.79 Å². The SMILES string of the molecule is O=C(C1CC(c2ccccc2Cl)NN1)N1CCN(c2ccccc2Cl)CC1. The molecular weight excluding hydrogens is 383 g/mol. The van der Waals surface area contributed by atoms with Crippen molar-refractivity contribution in [3.63, 3.8) is 0 Å². The minimum atomic E-state index is -0.238. The quantitative estimate of drug-likeness (QED) is 0.823. The van der Waals surface area contributed by atoms with E-state index in [0.29, 0.717) is 19.5 Å². The second-order valence-electron chi connectivity index (χ2n) is 6.91. The number of hydrazine groups is 1. The fourth-order valence-corrected chi connectivity index (χ4v) is 4.30. The Bertz CT molecular complexity index is 823. The lowest BCUT2D eigenvalue weighted by Crippen LogP contribution is -2.53. The number of amides is 1. The Morgan fingerprint density at radius 1 is 0.889 bits per heavy atom. The van der Waals surface area contributed by atoms with Crippen molar-refractivity contribution in [2.75, 3.05) is 31.1 Å². The van der Waals surface area contributed by atoms with Crippen LogP contribution in [0.1, 0.15) is 18.0 Å². The van der Waals surface area contributed by atoms with Gasteiger partial charge in [-0.2, -0.15) is 0 Å². The van der Waals surface area contributed by atoms with Gasteiger partial charge in [-0.05, 0) is 30.2 Å². The standard InChI is InChI=1S/C20H22Cl2N4O/c21-15-6-2-1-5-14(15)17-13-18(24-23-17)20(27)26-11-9-25(10-12-26)19-8-4-3-7-16(19)22/h1-8,17-18,23-24H,9-13H2. The van der Waals surface area contributed by atoms with E-state index in [1.54, 1.807) is 0 Å². The Hall–Kier alpha value is -1.79. The molecule has 2 heterocycles. The minimum Gasteiger partial charge on any atom is -0.367 e. The number of para-hydroxylation sites is 1. The summed E-state index contributed by atoms with van der Waals surface area (Å²) in [7, 11) is 0. The van der Waals surface area contributed by atoms with Gasteiger partial charge in [0.1, 0.15) is 6.04 Å². The molecule has 0 aliphatic carbocycles. The molecule has 2 fully saturated rings. The van der Waals surface area contributed by atoms with Gasteiger partial charge in [-0.25, -0.2) is 10.9 Å². The zero-order chi connectivity index (χ0) is 18.8. The topological polar surface area (TPSA) is 47.6 Å². The molecule has 1 amide bonds. The van der Waals surface area contributed by atoms with Crippen LogP contribution in [0.3, 0.4) is 0 Å². The molecule has 0 radical (unpaired) electrons. The maximum absolute atomic E-state index is 12.9. The van der Waals surface area contributed by atoms with Crippen molar-refractivity contribution >= 4 is 34.8 Å². The van der Waals surface area contributed by atoms with E-state index in [0.717, 1.165) is 34.4 Å². The second-order valence-corrected chi connectivity index (χ2v) is 7.73. The third kappa shape index (κ3) is 3.92. The molecule has 5 nitrogen and oxygen atoms in total. The highest BCUT2D eigenvalue weighted by atomic mass is 35.5. The zero-order valence-electron chi connectivity index (χ0n) is 14.9.